The Morgan fingerprint density at radius 2 is 1.18 bits per heavy atom. The highest BCUT2D eigenvalue weighted by molar-refractivity contribution is 6.31. The largest absolute Gasteiger partial charge is 0.417 e. The molecule has 3 saturated heterocycles. The predicted molar refractivity (Wildman–Crippen MR) is 377 cm³/mol. The lowest BCUT2D eigenvalue weighted by atomic mass is 9.84. The summed E-state index contributed by atoms with van der Waals surface area (Å²) < 4.78 is 71.0. The summed E-state index contributed by atoms with van der Waals surface area (Å²) in [6.45, 7) is 9.41. The van der Waals surface area contributed by atoms with E-state index in [1.165, 1.54) is 66.1 Å². The van der Waals surface area contributed by atoms with E-state index in [0.29, 0.717) is 45.2 Å². The van der Waals surface area contributed by atoms with Crippen LogP contribution in [0.2, 0.25) is 5.02 Å². The van der Waals surface area contributed by atoms with Crippen LogP contribution in [0.15, 0.2) is 18.2 Å². The summed E-state index contributed by atoms with van der Waals surface area (Å²) in [6, 6.07) is -8.96. The van der Waals surface area contributed by atoms with Crippen molar-refractivity contribution >= 4 is 88.4 Å². The van der Waals surface area contributed by atoms with E-state index in [-0.39, 0.29) is 30.7 Å². The molecule has 104 heavy (non-hydrogen) atoms. The molecule has 3 heterocycles. The Balaban J connectivity index is 1.67. The summed E-state index contributed by atoms with van der Waals surface area (Å²) in [4.78, 5) is 203. The number of halogens is 6. The molecular weight excluding hydrogens is 1390 g/mol. The number of nitrogens with one attached hydrogen (secondary N) is 3. The van der Waals surface area contributed by atoms with Gasteiger partial charge in [0.05, 0.1) is 43.1 Å². The Morgan fingerprint density at radius 3 is 1.75 bits per heavy atom. The van der Waals surface area contributed by atoms with Crippen molar-refractivity contribution in [3.63, 3.8) is 0 Å². The van der Waals surface area contributed by atoms with Crippen LogP contribution in [0.3, 0.4) is 0 Å². The molecule has 584 valence electrons. The molecule has 0 aromatic heterocycles. The number of hydrogen-bond acceptors (Lipinski definition) is 13. The lowest BCUT2D eigenvalue weighted by Gasteiger charge is -2.40. The van der Waals surface area contributed by atoms with Crippen LogP contribution in [-0.4, -0.2) is 282 Å². The van der Waals surface area contributed by atoms with Gasteiger partial charge in [0.1, 0.15) is 48.3 Å². The molecule has 4 aliphatic rings. The van der Waals surface area contributed by atoms with Crippen LogP contribution < -0.4 is 16.0 Å². The molecule has 3 aliphatic heterocycles. The van der Waals surface area contributed by atoms with E-state index in [1.807, 2.05) is 0 Å². The van der Waals surface area contributed by atoms with E-state index >= 15 is 19.2 Å². The monoisotopic (exact) mass is 1500 g/mol. The molecule has 0 unspecified atom stereocenters. The maximum absolute atomic E-state index is 15.4. The Hall–Kier alpha value is -7.73. The van der Waals surface area contributed by atoms with Crippen LogP contribution in [0.1, 0.15) is 162 Å². The average Bonchev–Trinajstić information content (AvgIpc) is 0.758. The molecule has 4 fully saturated rings. The number of rotatable bonds is 13. The first-order valence-electron chi connectivity index (χ1n) is 36.3. The number of likely N-dealkylation sites (tertiary alicyclic amines) is 2. The zero-order valence-electron chi connectivity index (χ0n) is 63.2. The second-order valence-electron chi connectivity index (χ2n) is 29.7. The Morgan fingerprint density at radius 1 is 0.606 bits per heavy atom. The normalized spacial score (nSPS) is 25.8. The van der Waals surface area contributed by atoms with Gasteiger partial charge in [0.25, 0.3) is 5.92 Å². The lowest BCUT2D eigenvalue weighted by Crippen LogP contribution is -2.62. The minimum absolute atomic E-state index is 0.0535. The standard InChI is InChI=1S/C72H111ClF5N13O13/c1-16-45(6)61-69(103)84(10)41-59(95)82(8)42-60(96)86(12)54(37-47-23-19-17-20-24-47)67(101)83(9)40-56(92)79-51(28-26-48-25-27-49(50(73)36-48)72(76,77)78)65(99)87(13)53(38-58(94)90-33-29-71(74,75)30-34-90)64(98)80-52(35-43(2)3)66(100)89(15)62(44(4)5)70(104)88(14)55(68(102)91-31-21-18-22-32-91)39-57(93)85(11)46(7)63(97)81-61/h25,27,36,43-47,51-55,61-62H,16-24,26,28-35,37-42H2,1-15H3,(H,79,92)(H,80,98)(H,81,97)/t45-,46-,51-,52-,53-,54-,55-,61-,62-/m0/s1. The van der Waals surface area contributed by atoms with Gasteiger partial charge in [0.2, 0.25) is 76.8 Å². The van der Waals surface area contributed by atoms with Gasteiger partial charge >= 0.3 is 6.18 Å². The molecule has 32 heteroatoms. The molecular formula is C72H111ClF5N13O13. The van der Waals surface area contributed by atoms with Crippen LogP contribution in [0.5, 0.6) is 0 Å². The molecule has 3 N–H and O–H groups in total. The molecule has 0 radical (unpaired) electrons. The van der Waals surface area contributed by atoms with Crippen molar-refractivity contribution < 1.29 is 84.3 Å². The number of carbonyl (C=O) groups is 13. The Kier molecular flexibility index (Phi) is 32.2. The molecule has 1 saturated carbocycles. The Bertz CT molecular complexity index is 3230. The highest BCUT2D eigenvalue weighted by Gasteiger charge is 2.45. The first kappa shape index (κ1) is 86.9. The van der Waals surface area contributed by atoms with Crippen molar-refractivity contribution in [3.05, 3.63) is 34.3 Å². The number of hydrogen-bond donors (Lipinski definition) is 3. The molecule has 13 amide bonds. The fraction of sp³-hybridized carbons (Fsp3) is 0.736. The third-order valence-corrected chi connectivity index (χ3v) is 21.3. The first-order chi connectivity index (χ1) is 48.5. The van der Waals surface area contributed by atoms with E-state index in [9.17, 15) is 65.1 Å². The number of likely N-dealkylation sites (N-methyl/N-ethyl adjacent to an activating group) is 8. The lowest BCUT2D eigenvalue weighted by molar-refractivity contribution is -0.155. The molecule has 5 rings (SSSR count). The molecule has 1 aromatic carbocycles. The van der Waals surface area contributed by atoms with Crippen LogP contribution in [0, 0.1) is 23.7 Å². The number of nitrogens with zero attached hydrogens (tertiary/aromatic N) is 10. The molecule has 0 bridgehead atoms. The predicted octanol–water partition coefficient (Wildman–Crippen LogP) is 5.06. The van der Waals surface area contributed by atoms with Crippen LogP contribution in [0.4, 0.5) is 22.0 Å². The van der Waals surface area contributed by atoms with Gasteiger partial charge in [0, 0.05) is 95.4 Å². The maximum Gasteiger partial charge on any atom is 0.417 e. The highest BCUT2D eigenvalue weighted by atomic mass is 35.5. The van der Waals surface area contributed by atoms with E-state index in [2.05, 4.69) is 16.0 Å². The summed E-state index contributed by atoms with van der Waals surface area (Å²) in [5.41, 5.74) is -0.993. The van der Waals surface area contributed by atoms with E-state index < -0.39 is 230 Å². The molecule has 9 atom stereocenters. The molecule has 26 nitrogen and oxygen atoms in total. The van der Waals surface area contributed by atoms with Gasteiger partial charge in [-0.05, 0) is 93.2 Å². The van der Waals surface area contributed by atoms with Crippen molar-refractivity contribution in [3.8, 4) is 0 Å². The number of alkyl halides is 5. The average molecular weight is 1500 g/mol. The first-order valence-corrected chi connectivity index (χ1v) is 36.6. The van der Waals surface area contributed by atoms with Gasteiger partial charge < -0.3 is 64.9 Å². The minimum atomic E-state index is -4.84. The summed E-state index contributed by atoms with van der Waals surface area (Å²) in [5, 5.41) is 7.40. The Labute approximate surface area is 613 Å². The van der Waals surface area contributed by atoms with Gasteiger partial charge in [-0.15, -0.1) is 0 Å². The van der Waals surface area contributed by atoms with Crippen molar-refractivity contribution in [2.75, 3.05) is 102 Å². The smallest absolute Gasteiger partial charge is 0.343 e. The fourth-order valence-electron chi connectivity index (χ4n) is 13.8. The van der Waals surface area contributed by atoms with Gasteiger partial charge in [-0.25, -0.2) is 8.78 Å². The number of amides is 13. The highest BCUT2D eigenvalue weighted by Crippen LogP contribution is 2.36. The topological polar surface area (TPSA) is 290 Å². The van der Waals surface area contributed by atoms with Crippen LogP contribution >= 0.6 is 11.6 Å². The molecule has 1 aromatic rings. The quantitative estimate of drug-likeness (QED) is 0.218. The number of benzene rings is 1. The van der Waals surface area contributed by atoms with Crippen LogP contribution in [-0.2, 0) is 74.9 Å². The number of carbonyl (C=O) groups excluding carboxylic acids is 13. The second-order valence-corrected chi connectivity index (χ2v) is 30.1. The van der Waals surface area contributed by atoms with Crippen molar-refractivity contribution in [2.24, 2.45) is 23.7 Å². The molecule has 0 spiro atoms. The number of aryl methyl sites for hydroxylation is 1. The minimum Gasteiger partial charge on any atom is -0.343 e. The van der Waals surface area contributed by atoms with Gasteiger partial charge in [-0.1, -0.05) is 97.7 Å². The van der Waals surface area contributed by atoms with E-state index in [1.54, 1.807) is 41.5 Å². The summed E-state index contributed by atoms with van der Waals surface area (Å²) in [5.74, 6) is -15.4. The van der Waals surface area contributed by atoms with E-state index in [4.69, 9.17) is 11.6 Å². The third-order valence-electron chi connectivity index (χ3n) is 21.0. The van der Waals surface area contributed by atoms with E-state index in [0.717, 1.165) is 90.1 Å². The zero-order valence-corrected chi connectivity index (χ0v) is 63.9. The summed E-state index contributed by atoms with van der Waals surface area (Å²) in [6.07, 6.45) is -2.00. The van der Waals surface area contributed by atoms with Crippen molar-refractivity contribution in [2.45, 2.75) is 218 Å². The molecule has 1 aliphatic carbocycles. The number of piperidine rings is 2. The summed E-state index contributed by atoms with van der Waals surface area (Å²) >= 11 is 6.14. The summed E-state index contributed by atoms with van der Waals surface area (Å²) in [7, 11) is 10.4. The van der Waals surface area contributed by atoms with Crippen molar-refractivity contribution in [1.82, 2.24) is 64.9 Å². The second kappa shape index (κ2) is 38.5. The maximum atomic E-state index is 15.4. The van der Waals surface area contributed by atoms with Gasteiger partial charge in [-0.3, -0.25) is 62.3 Å². The fourth-order valence-corrected chi connectivity index (χ4v) is 14.1. The third kappa shape index (κ3) is 23.6. The zero-order chi connectivity index (χ0) is 78.2. The van der Waals surface area contributed by atoms with Gasteiger partial charge in [0.15, 0.2) is 0 Å². The van der Waals surface area contributed by atoms with Crippen LogP contribution in [0.25, 0.3) is 0 Å². The van der Waals surface area contributed by atoms with Crippen molar-refractivity contribution in [1.29, 1.82) is 0 Å². The van der Waals surface area contributed by atoms with Gasteiger partial charge in [-0.2, -0.15) is 13.2 Å². The SMILES string of the molecule is CC[C@H](C)[C@@H]1NC(=O)[C@H](C)N(C)C(=O)C[C@@H](C(=O)N2CCCCC2)N(C)C(=O)[C@H](C(C)C)N(C)C(=O)[C@H](CC(C)C)NC(=O)[C@H](CC(=O)N2CCC(F)(F)CC2)N(C)C(=O)[C@H](CCc2ccc(C(F)(F)F)c(Cl)c2)NC(=O)CN(C)C(=O)[C@H](CC2CCCCC2)N(C)C(=O)CN(C)C(=O)CN(C)C1=O.